The summed E-state index contributed by atoms with van der Waals surface area (Å²) in [5, 5.41) is 6.37. The Balaban J connectivity index is 1.52. The van der Waals surface area contributed by atoms with E-state index >= 15 is 0 Å². The molecule has 0 saturated carbocycles. The number of amides is 1. The molecule has 3 heterocycles. The van der Waals surface area contributed by atoms with Crippen molar-refractivity contribution in [3.63, 3.8) is 0 Å². The van der Waals surface area contributed by atoms with Gasteiger partial charge in [-0.3, -0.25) is 14.6 Å². The molecular formula is C13H24N4O. The highest BCUT2D eigenvalue weighted by atomic mass is 16.2. The van der Waals surface area contributed by atoms with Gasteiger partial charge in [-0.2, -0.15) is 0 Å². The minimum atomic E-state index is 0.133. The highest BCUT2D eigenvalue weighted by Crippen LogP contribution is 2.16. The molecule has 1 unspecified atom stereocenters. The van der Waals surface area contributed by atoms with E-state index in [0.717, 1.165) is 64.7 Å². The summed E-state index contributed by atoms with van der Waals surface area (Å²) in [5.41, 5.74) is 0. The molecule has 3 saturated heterocycles. The van der Waals surface area contributed by atoms with Crippen LogP contribution in [0.15, 0.2) is 0 Å². The van der Waals surface area contributed by atoms with Crippen LogP contribution in [0.5, 0.6) is 0 Å². The van der Waals surface area contributed by atoms with Crippen molar-refractivity contribution in [1.29, 1.82) is 0 Å². The summed E-state index contributed by atoms with van der Waals surface area (Å²) in [5.74, 6) is 0.256. The van der Waals surface area contributed by atoms with Gasteiger partial charge in [0.25, 0.3) is 0 Å². The predicted molar refractivity (Wildman–Crippen MR) is 70.5 cm³/mol. The van der Waals surface area contributed by atoms with E-state index in [2.05, 4.69) is 20.4 Å². The van der Waals surface area contributed by atoms with Gasteiger partial charge < -0.3 is 10.6 Å². The van der Waals surface area contributed by atoms with Gasteiger partial charge in [-0.1, -0.05) is 0 Å². The van der Waals surface area contributed by atoms with Gasteiger partial charge in [-0.15, -0.1) is 0 Å². The van der Waals surface area contributed by atoms with Gasteiger partial charge in [0.1, 0.15) is 0 Å². The molecule has 5 nitrogen and oxygen atoms in total. The van der Waals surface area contributed by atoms with Crippen LogP contribution >= 0.6 is 0 Å². The van der Waals surface area contributed by atoms with Crippen molar-refractivity contribution in [2.24, 2.45) is 0 Å². The van der Waals surface area contributed by atoms with Crippen LogP contribution in [0, 0.1) is 0 Å². The number of rotatable bonds is 2. The first-order valence-electron chi connectivity index (χ1n) is 7.31. The predicted octanol–water partition coefficient (Wildman–Crippen LogP) is -0.755. The quantitative estimate of drug-likeness (QED) is 0.678. The summed E-state index contributed by atoms with van der Waals surface area (Å²) in [4.78, 5) is 17.0. The molecule has 0 radical (unpaired) electrons. The number of hydrogen-bond donors (Lipinski definition) is 2. The van der Waals surface area contributed by atoms with Gasteiger partial charge in [0.05, 0.1) is 6.04 Å². The molecule has 0 aromatic carbocycles. The second kappa shape index (κ2) is 5.55. The molecule has 1 amide bonds. The number of hydrogen-bond acceptors (Lipinski definition) is 4. The molecular weight excluding hydrogens is 228 g/mol. The fourth-order valence-corrected chi connectivity index (χ4v) is 3.22. The summed E-state index contributed by atoms with van der Waals surface area (Å²) in [7, 11) is 0. The van der Waals surface area contributed by atoms with Gasteiger partial charge in [-0.25, -0.2) is 0 Å². The molecule has 1 atom stereocenters. The van der Waals surface area contributed by atoms with Crippen LogP contribution in [0.4, 0.5) is 0 Å². The Morgan fingerprint density at radius 3 is 2.39 bits per heavy atom. The zero-order chi connectivity index (χ0) is 12.4. The normalized spacial score (nSPS) is 32.7. The molecule has 3 aliphatic rings. The fraction of sp³-hybridized carbons (Fsp3) is 0.923. The van der Waals surface area contributed by atoms with Crippen molar-refractivity contribution in [3.05, 3.63) is 0 Å². The van der Waals surface area contributed by atoms with Crippen LogP contribution < -0.4 is 10.6 Å². The minimum Gasteiger partial charge on any atom is -0.355 e. The first kappa shape index (κ1) is 12.4. The second-order valence-electron chi connectivity index (χ2n) is 5.69. The van der Waals surface area contributed by atoms with E-state index in [-0.39, 0.29) is 11.9 Å². The molecule has 0 aliphatic carbocycles. The molecule has 3 aliphatic heterocycles. The molecule has 3 fully saturated rings. The molecule has 5 heteroatoms. The summed E-state index contributed by atoms with van der Waals surface area (Å²) >= 11 is 0. The summed E-state index contributed by atoms with van der Waals surface area (Å²) < 4.78 is 0. The average molecular weight is 252 g/mol. The smallest absolute Gasteiger partial charge is 0.237 e. The average Bonchev–Trinajstić information content (AvgIpc) is 2.53. The van der Waals surface area contributed by atoms with Gasteiger partial charge in [0.15, 0.2) is 0 Å². The van der Waals surface area contributed by atoms with Crippen LogP contribution in [0.3, 0.4) is 0 Å². The zero-order valence-corrected chi connectivity index (χ0v) is 11.0. The van der Waals surface area contributed by atoms with Crippen LogP contribution in [0.1, 0.15) is 19.3 Å². The molecule has 0 aromatic heterocycles. The van der Waals surface area contributed by atoms with Gasteiger partial charge in [0.2, 0.25) is 5.91 Å². The third-order valence-corrected chi connectivity index (χ3v) is 4.57. The van der Waals surface area contributed by atoms with Crippen molar-refractivity contribution in [2.45, 2.75) is 31.3 Å². The highest BCUT2D eigenvalue weighted by Gasteiger charge is 2.32. The Morgan fingerprint density at radius 2 is 1.72 bits per heavy atom. The van der Waals surface area contributed by atoms with Crippen LogP contribution in [-0.4, -0.2) is 73.6 Å². The molecule has 102 valence electrons. The molecule has 18 heavy (non-hydrogen) atoms. The Kier molecular flexibility index (Phi) is 3.82. The second-order valence-corrected chi connectivity index (χ2v) is 5.69. The minimum absolute atomic E-state index is 0.133. The van der Waals surface area contributed by atoms with E-state index in [1.807, 2.05) is 0 Å². The van der Waals surface area contributed by atoms with E-state index in [1.165, 1.54) is 6.42 Å². The maximum Gasteiger partial charge on any atom is 0.237 e. The Labute approximate surface area is 109 Å². The summed E-state index contributed by atoms with van der Waals surface area (Å²) in [6.45, 7) is 7.49. The lowest BCUT2D eigenvalue weighted by Gasteiger charge is -2.44. The maximum atomic E-state index is 12.0. The van der Waals surface area contributed by atoms with Crippen molar-refractivity contribution in [3.8, 4) is 0 Å². The number of nitrogens with one attached hydrogen (secondary N) is 2. The molecule has 2 N–H and O–H groups in total. The van der Waals surface area contributed by atoms with E-state index in [9.17, 15) is 4.79 Å². The van der Waals surface area contributed by atoms with Crippen molar-refractivity contribution in [1.82, 2.24) is 20.4 Å². The van der Waals surface area contributed by atoms with E-state index < -0.39 is 0 Å². The molecule has 3 rings (SSSR count). The van der Waals surface area contributed by atoms with Gasteiger partial charge in [-0.05, 0) is 19.3 Å². The lowest BCUT2D eigenvalue weighted by molar-refractivity contribution is -0.127. The topological polar surface area (TPSA) is 47.6 Å². The SMILES string of the molecule is O=C1NCCCCC1N1CCN(C2CNC2)CC1. The van der Waals surface area contributed by atoms with E-state index in [4.69, 9.17) is 0 Å². The number of piperazine rings is 1. The van der Waals surface area contributed by atoms with Crippen LogP contribution in [0.2, 0.25) is 0 Å². The fourth-order valence-electron chi connectivity index (χ4n) is 3.22. The first-order valence-corrected chi connectivity index (χ1v) is 7.31. The summed E-state index contributed by atoms with van der Waals surface area (Å²) in [6, 6.07) is 0.879. The Hall–Kier alpha value is -0.650. The monoisotopic (exact) mass is 252 g/mol. The lowest BCUT2D eigenvalue weighted by Crippen LogP contribution is -2.63. The van der Waals surface area contributed by atoms with Gasteiger partial charge in [0, 0.05) is 51.9 Å². The number of nitrogens with zero attached hydrogens (tertiary/aromatic N) is 2. The number of carbonyl (C=O) groups excluding carboxylic acids is 1. The summed E-state index contributed by atoms with van der Waals surface area (Å²) in [6.07, 6.45) is 3.35. The van der Waals surface area contributed by atoms with E-state index in [0.29, 0.717) is 0 Å². The van der Waals surface area contributed by atoms with Gasteiger partial charge >= 0.3 is 0 Å². The third kappa shape index (κ3) is 2.53. The lowest BCUT2D eigenvalue weighted by atomic mass is 10.1. The molecule has 0 aromatic rings. The van der Waals surface area contributed by atoms with E-state index in [1.54, 1.807) is 0 Å². The van der Waals surface area contributed by atoms with Crippen molar-refractivity contribution < 1.29 is 4.79 Å². The molecule has 0 spiro atoms. The first-order chi connectivity index (χ1) is 8.84. The van der Waals surface area contributed by atoms with Crippen LogP contribution in [-0.2, 0) is 4.79 Å². The maximum absolute atomic E-state index is 12.0. The largest absolute Gasteiger partial charge is 0.355 e. The zero-order valence-electron chi connectivity index (χ0n) is 11.0. The molecule has 0 bridgehead atoms. The van der Waals surface area contributed by atoms with Crippen molar-refractivity contribution in [2.75, 3.05) is 45.8 Å². The Morgan fingerprint density at radius 1 is 1.00 bits per heavy atom. The third-order valence-electron chi connectivity index (χ3n) is 4.57. The standard InChI is InChI=1S/C13H24N4O/c18-13-12(3-1-2-4-15-13)17-7-5-16(6-8-17)11-9-14-10-11/h11-12,14H,1-10H2,(H,15,18). The van der Waals surface area contributed by atoms with Crippen LogP contribution in [0.25, 0.3) is 0 Å². The van der Waals surface area contributed by atoms with Crippen molar-refractivity contribution >= 4 is 5.91 Å². The number of carbonyl (C=O) groups is 1. The highest BCUT2D eigenvalue weighted by molar-refractivity contribution is 5.81. The Bertz CT molecular complexity index is 297.